The molecule has 3 N–H and O–H groups in total. The van der Waals surface area contributed by atoms with E-state index < -0.39 is 17.0 Å². The molecule has 0 unspecified atom stereocenters. The van der Waals surface area contributed by atoms with E-state index in [2.05, 4.69) is 5.32 Å². The van der Waals surface area contributed by atoms with Crippen LogP contribution in [0.3, 0.4) is 0 Å². The van der Waals surface area contributed by atoms with E-state index >= 15 is 0 Å². The normalized spacial score (nSPS) is 11.5. The summed E-state index contributed by atoms with van der Waals surface area (Å²) in [6, 6.07) is 6.78. The molecule has 0 aliphatic rings. The number of rotatable bonds is 6. The minimum Gasteiger partial charge on any atom is -0.423 e. The first kappa shape index (κ1) is 14.2. The van der Waals surface area contributed by atoms with E-state index in [1.807, 2.05) is 0 Å². The SMILES string of the molecule is CS(=O)(=O)CCNCc1ccc(B(O)O)cc1. The molecule has 0 aliphatic heterocycles. The third-order valence-corrected chi connectivity index (χ3v) is 3.20. The Kier molecular flexibility index (Phi) is 5.13. The second kappa shape index (κ2) is 6.16. The van der Waals surface area contributed by atoms with Crippen LogP contribution in [0.25, 0.3) is 0 Å². The van der Waals surface area contributed by atoms with Gasteiger partial charge in [-0.15, -0.1) is 0 Å². The molecular formula is C10H16BNO4S. The summed E-state index contributed by atoms with van der Waals surface area (Å²) in [6.07, 6.45) is 1.20. The lowest BCUT2D eigenvalue weighted by atomic mass is 9.80. The number of sulfone groups is 1. The smallest absolute Gasteiger partial charge is 0.423 e. The van der Waals surface area contributed by atoms with E-state index in [-0.39, 0.29) is 5.75 Å². The minimum atomic E-state index is -2.93. The fourth-order valence-electron chi connectivity index (χ4n) is 1.30. The van der Waals surface area contributed by atoms with Crippen LogP contribution in [0.1, 0.15) is 5.56 Å². The first-order valence-corrected chi connectivity index (χ1v) is 7.28. The van der Waals surface area contributed by atoms with Crippen molar-refractivity contribution < 1.29 is 18.5 Å². The van der Waals surface area contributed by atoms with Gasteiger partial charge < -0.3 is 15.4 Å². The molecule has 0 fully saturated rings. The number of hydrogen-bond acceptors (Lipinski definition) is 5. The van der Waals surface area contributed by atoms with Gasteiger partial charge in [0.2, 0.25) is 0 Å². The second-order valence-electron chi connectivity index (χ2n) is 3.92. The summed E-state index contributed by atoms with van der Waals surface area (Å²) in [5.41, 5.74) is 1.40. The Morgan fingerprint density at radius 2 is 1.82 bits per heavy atom. The lowest BCUT2D eigenvalue weighted by Gasteiger charge is -2.05. The Bertz CT molecular complexity index is 444. The van der Waals surface area contributed by atoms with Crippen LogP contribution in [-0.2, 0) is 16.4 Å². The molecule has 5 nitrogen and oxygen atoms in total. The summed E-state index contributed by atoms with van der Waals surface area (Å²) >= 11 is 0. The monoisotopic (exact) mass is 257 g/mol. The Labute approximate surface area is 102 Å². The van der Waals surface area contributed by atoms with Crippen molar-refractivity contribution in [3.8, 4) is 0 Å². The van der Waals surface area contributed by atoms with E-state index in [0.29, 0.717) is 18.6 Å². The molecule has 0 aliphatic carbocycles. The largest absolute Gasteiger partial charge is 0.488 e. The molecule has 0 amide bonds. The highest BCUT2D eigenvalue weighted by Gasteiger charge is 2.09. The Morgan fingerprint density at radius 3 is 2.29 bits per heavy atom. The maximum absolute atomic E-state index is 10.9. The van der Waals surface area contributed by atoms with Gasteiger partial charge in [-0.05, 0) is 11.0 Å². The van der Waals surface area contributed by atoms with Crippen LogP contribution < -0.4 is 10.8 Å². The lowest BCUT2D eigenvalue weighted by Crippen LogP contribution is -2.29. The fraction of sp³-hybridized carbons (Fsp3) is 0.400. The topological polar surface area (TPSA) is 86.6 Å². The standard InChI is InChI=1S/C10H16BNO4S/c1-17(15,16)7-6-12-8-9-2-4-10(5-3-9)11(13)14/h2-5,12-14H,6-8H2,1H3. The second-order valence-corrected chi connectivity index (χ2v) is 6.18. The van der Waals surface area contributed by atoms with Crippen LogP contribution in [0, 0.1) is 0 Å². The molecule has 0 saturated carbocycles. The van der Waals surface area contributed by atoms with E-state index in [1.165, 1.54) is 6.26 Å². The maximum atomic E-state index is 10.9. The molecule has 17 heavy (non-hydrogen) atoms. The fourth-order valence-corrected chi connectivity index (χ4v) is 1.81. The third-order valence-electron chi connectivity index (χ3n) is 2.26. The Hall–Kier alpha value is -0.885. The molecule has 0 spiro atoms. The van der Waals surface area contributed by atoms with Gasteiger partial charge in [-0.1, -0.05) is 24.3 Å². The minimum absolute atomic E-state index is 0.112. The van der Waals surface area contributed by atoms with E-state index in [0.717, 1.165) is 5.56 Å². The Balaban J connectivity index is 2.37. The van der Waals surface area contributed by atoms with Crippen molar-refractivity contribution in [3.05, 3.63) is 29.8 Å². The van der Waals surface area contributed by atoms with Crippen molar-refractivity contribution in [1.82, 2.24) is 5.32 Å². The predicted octanol–water partition coefficient (Wildman–Crippen LogP) is -1.50. The molecule has 1 aromatic carbocycles. The van der Waals surface area contributed by atoms with E-state index in [1.54, 1.807) is 24.3 Å². The van der Waals surface area contributed by atoms with Crippen LogP contribution in [-0.4, -0.2) is 44.1 Å². The third kappa shape index (κ3) is 5.83. The van der Waals surface area contributed by atoms with Crippen LogP contribution >= 0.6 is 0 Å². The van der Waals surface area contributed by atoms with Gasteiger partial charge in [0, 0.05) is 19.3 Å². The van der Waals surface area contributed by atoms with E-state index in [9.17, 15) is 8.42 Å². The van der Waals surface area contributed by atoms with Crippen LogP contribution in [0.5, 0.6) is 0 Å². The van der Waals surface area contributed by atoms with Crippen LogP contribution in [0.2, 0.25) is 0 Å². The van der Waals surface area contributed by atoms with Crippen LogP contribution in [0.15, 0.2) is 24.3 Å². The summed E-state index contributed by atoms with van der Waals surface area (Å²) in [4.78, 5) is 0. The Morgan fingerprint density at radius 1 is 1.24 bits per heavy atom. The number of benzene rings is 1. The molecule has 94 valence electrons. The summed E-state index contributed by atoms with van der Waals surface area (Å²) in [5.74, 6) is 0.112. The highest BCUT2D eigenvalue weighted by Crippen LogP contribution is 1.96. The van der Waals surface area contributed by atoms with Gasteiger partial charge >= 0.3 is 7.12 Å². The number of nitrogens with one attached hydrogen (secondary N) is 1. The molecule has 7 heteroatoms. The molecule has 0 heterocycles. The first-order valence-electron chi connectivity index (χ1n) is 5.22. The van der Waals surface area contributed by atoms with E-state index in [4.69, 9.17) is 10.0 Å². The molecular weight excluding hydrogens is 241 g/mol. The van der Waals surface area contributed by atoms with Gasteiger partial charge in [0.05, 0.1) is 5.75 Å². The van der Waals surface area contributed by atoms with Crippen molar-refractivity contribution >= 4 is 22.4 Å². The molecule has 1 aromatic rings. The first-order chi connectivity index (χ1) is 7.88. The highest BCUT2D eigenvalue weighted by molar-refractivity contribution is 7.90. The zero-order valence-corrected chi connectivity index (χ0v) is 10.4. The molecule has 0 saturated heterocycles. The summed E-state index contributed by atoms with van der Waals surface area (Å²) in [6.45, 7) is 0.959. The molecule has 0 radical (unpaired) electrons. The summed E-state index contributed by atoms with van der Waals surface area (Å²) < 4.78 is 21.7. The van der Waals surface area contributed by atoms with Gasteiger partial charge in [0.25, 0.3) is 0 Å². The van der Waals surface area contributed by atoms with Crippen molar-refractivity contribution in [3.63, 3.8) is 0 Å². The van der Waals surface area contributed by atoms with Gasteiger partial charge in [0.1, 0.15) is 9.84 Å². The summed E-state index contributed by atoms with van der Waals surface area (Å²) in [5, 5.41) is 20.8. The molecule has 1 rings (SSSR count). The average molecular weight is 257 g/mol. The van der Waals surface area contributed by atoms with Crippen LogP contribution in [0.4, 0.5) is 0 Å². The van der Waals surface area contributed by atoms with Gasteiger partial charge in [-0.25, -0.2) is 8.42 Å². The molecule has 0 atom stereocenters. The van der Waals surface area contributed by atoms with Gasteiger partial charge in [0.15, 0.2) is 0 Å². The quantitative estimate of drug-likeness (QED) is 0.426. The maximum Gasteiger partial charge on any atom is 0.488 e. The highest BCUT2D eigenvalue weighted by atomic mass is 32.2. The molecule has 0 bridgehead atoms. The lowest BCUT2D eigenvalue weighted by molar-refractivity contribution is 0.426. The summed E-state index contributed by atoms with van der Waals surface area (Å²) in [7, 11) is -4.38. The van der Waals surface area contributed by atoms with Crippen molar-refractivity contribution in [1.29, 1.82) is 0 Å². The van der Waals surface area contributed by atoms with Crippen molar-refractivity contribution in [2.75, 3.05) is 18.6 Å². The molecule has 0 aromatic heterocycles. The van der Waals surface area contributed by atoms with Gasteiger partial charge in [-0.2, -0.15) is 0 Å². The van der Waals surface area contributed by atoms with Gasteiger partial charge in [-0.3, -0.25) is 0 Å². The number of hydrogen-bond donors (Lipinski definition) is 3. The van der Waals surface area contributed by atoms with Crippen molar-refractivity contribution in [2.24, 2.45) is 0 Å². The zero-order valence-electron chi connectivity index (χ0n) is 9.63. The van der Waals surface area contributed by atoms with Crippen molar-refractivity contribution in [2.45, 2.75) is 6.54 Å². The zero-order chi connectivity index (χ0) is 12.9. The average Bonchev–Trinajstić information content (AvgIpc) is 2.24. The predicted molar refractivity (Wildman–Crippen MR) is 67.7 cm³/mol.